The van der Waals surface area contributed by atoms with E-state index in [-0.39, 0.29) is 0 Å². The minimum atomic E-state index is 0.730. The van der Waals surface area contributed by atoms with Gasteiger partial charge >= 0.3 is 0 Å². The van der Waals surface area contributed by atoms with Gasteiger partial charge in [-0.2, -0.15) is 0 Å². The lowest BCUT2D eigenvalue weighted by Crippen LogP contribution is -1.87. The van der Waals surface area contributed by atoms with Gasteiger partial charge in [0.2, 0.25) is 0 Å². The van der Waals surface area contributed by atoms with Crippen LogP contribution in [-0.2, 0) is 0 Å². The van der Waals surface area contributed by atoms with Crippen molar-refractivity contribution in [3.63, 3.8) is 0 Å². The lowest BCUT2D eigenvalue weighted by molar-refractivity contribution is 1.16. The molecule has 0 spiro atoms. The van der Waals surface area contributed by atoms with Crippen LogP contribution in [-0.4, -0.2) is 14.6 Å². The molecule has 6 heteroatoms. The molecular weight excluding hydrogens is 294 g/mol. The number of fused-ring (bicyclic) bond motifs is 1. The van der Waals surface area contributed by atoms with E-state index in [4.69, 9.17) is 0 Å². The van der Waals surface area contributed by atoms with Gasteiger partial charge in [-0.3, -0.25) is 0 Å². The molecule has 0 saturated heterocycles. The molecule has 0 aliphatic carbocycles. The molecule has 0 amide bonds. The quantitative estimate of drug-likeness (QED) is 0.545. The van der Waals surface area contributed by atoms with Gasteiger partial charge in [-0.15, -0.1) is 27.8 Å². The average Bonchev–Trinajstić information content (AvgIpc) is 3.18. The monoisotopic (exact) mass is 301 g/mol. The molecule has 92 valence electrons. The molecule has 0 fully saturated rings. The molecule has 19 heavy (non-hydrogen) atoms. The Morgan fingerprint density at radius 2 is 1.74 bits per heavy atom. The molecular formula is C13H7N3S3. The molecule has 0 aliphatic heterocycles. The lowest BCUT2D eigenvalue weighted by Gasteiger charge is -2.04. The summed E-state index contributed by atoms with van der Waals surface area (Å²) in [5.74, 6) is 0. The van der Waals surface area contributed by atoms with Crippen LogP contribution in [0.5, 0.6) is 0 Å². The first-order valence-electron chi connectivity index (χ1n) is 5.63. The maximum absolute atomic E-state index is 4.69. The highest BCUT2D eigenvalue weighted by Crippen LogP contribution is 2.37. The summed E-state index contributed by atoms with van der Waals surface area (Å²) in [4.78, 5) is 7.08. The Hall–Kier alpha value is -1.63. The minimum Gasteiger partial charge on any atom is -0.224 e. The first kappa shape index (κ1) is 11.2. The molecule has 4 aromatic heterocycles. The van der Waals surface area contributed by atoms with E-state index in [0.717, 1.165) is 21.6 Å². The van der Waals surface area contributed by atoms with Crippen LogP contribution in [0.1, 0.15) is 0 Å². The Balaban J connectivity index is 2.06. The zero-order valence-corrected chi connectivity index (χ0v) is 12.1. The molecule has 0 radical (unpaired) electrons. The third-order valence-electron chi connectivity index (χ3n) is 2.78. The van der Waals surface area contributed by atoms with Gasteiger partial charge in [-0.05, 0) is 40.5 Å². The molecule has 0 atom stereocenters. The predicted octanol–water partition coefficient (Wildman–Crippen LogP) is 4.54. The van der Waals surface area contributed by atoms with Gasteiger partial charge in [-0.1, -0.05) is 16.6 Å². The van der Waals surface area contributed by atoms with E-state index in [1.807, 2.05) is 6.07 Å². The van der Waals surface area contributed by atoms with Gasteiger partial charge in [0.25, 0.3) is 0 Å². The summed E-state index contributed by atoms with van der Waals surface area (Å²) in [6.45, 7) is 0. The van der Waals surface area contributed by atoms with Gasteiger partial charge in [0, 0.05) is 10.4 Å². The van der Waals surface area contributed by atoms with Crippen LogP contribution in [0.15, 0.2) is 41.1 Å². The van der Waals surface area contributed by atoms with E-state index in [1.54, 1.807) is 22.7 Å². The third kappa shape index (κ3) is 1.88. The topological polar surface area (TPSA) is 38.7 Å². The van der Waals surface area contributed by atoms with Gasteiger partial charge in [-0.25, -0.2) is 4.98 Å². The highest BCUT2D eigenvalue weighted by atomic mass is 32.1. The Morgan fingerprint density at radius 3 is 2.47 bits per heavy atom. The van der Waals surface area contributed by atoms with E-state index in [0.29, 0.717) is 0 Å². The molecule has 4 rings (SSSR count). The van der Waals surface area contributed by atoms with E-state index >= 15 is 0 Å². The van der Waals surface area contributed by atoms with Gasteiger partial charge in [0.05, 0.1) is 15.3 Å². The molecule has 0 N–H and O–H groups in total. The van der Waals surface area contributed by atoms with Crippen LogP contribution >= 0.6 is 34.2 Å². The summed E-state index contributed by atoms with van der Waals surface area (Å²) < 4.78 is 5.01. The predicted molar refractivity (Wildman–Crippen MR) is 81.8 cm³/mol. The summed E-state index contributed by atoms with van der Waals surface area (Å²) in [5.41, 5.74) is 2.89. The van der Waals surface area contributed by atoms with Gasteiger partial charge in [0.15, 0.2) is 5.65 Å². The van der Waals surface area contributed by atoms with E-state index in [2.05, 4.69) is 49.6 Å². The second-order valence-corrected chi connectivity index (χ2v) is 6.61. The van der Waals surface area contributed by atoms with E-state index in [9.17, 15) is 0 Å². The second-order valence-electron chi connectivity index (χ2n) is 3.93. The van der Waals surface area contributed by atoms with Crippen molar-refractivity contribution >= 4 is 44.6 Å². The van der Waals surface area contributed by atoms with Crippen LogP contribution in [0, 0.1) is 0 Å². The van der Waals surface area contributed by atoms with Crippen LogP contribution < -0.4 is 0 Å². The van der Waals surface area contributed by atoms with Crippen LogP contribution in [0.3, 0.4) is 0 Å². The fourth-order valence-electron chi connectivity index (χ4n) is 1.95. The van der Waals surface area contributed by atoms with Crippen LogP contribution in [0.25, 0.3) is 31.4 Å². The van der Waals surface area contributed by atoms with E-state index in [1.165, 1.54) is 21.3 Å². The summed E-state index contributed by atoms with van der Waals surface area (Å²) in [6, 6.07) is 10.5. The fraction of sp³-hybridized carbons (Fsp3) is 0. The van der Waals surface area contributed by atoms with Crippen molar-refractivity contribution in [1.82, 2.24) is 14.6 Å². The number of thiophene rings is 2. The first-order valence-corrected chi connectivity index (χ1v) is 8.16. The Bertz CT molecular complexity index is 748. The zero-order valence-electron chi connectivity index (χ0n) is 9.61. The number of nitrogens with zero attached hydrogens (tertiary/aromatic N) is 3. The largest absolute Gasteiger partial charge is 0.224 e. The molecule has 3 nitrogen and oxygen atoms in total. The number of hydrogen-bond acceptors (Lipinski definition) is 6. The number of rotatable bonds is 2. The molecule has 0 saturated carbocycles. The number of hydrogen-bond donors (Lipinski definition) is 0. The summed E-state index contributed by atoms with van der Waals surface area (Å²) >= 11 is 4.81. The Kier molecular flexibility index (Phi) is 2.65. The molecule has 0 unspecified atom stereocenters. The normalized spacial score (nSPS) is 11.2. The Morgan fingerprint density at radius 1 is 0.947 bits per heavy atom. The third-order valence-corrected chi connectivity index (χ3v) is 5.22. The van der Waals surface area contributed by atoms with Crippen LogP contribution in [0.4, 0.5) is 0 Å². The standard InChI is InChI=1S/C13H7N3S3/c1-3-9(17-5-1)8-7-11-13(15-16-19-11)14-12(8)10-4-2-6-18-10/h1-7H. The van der Waals surface area contributed by atoms with Crippen LogP contribution in [0.2, 0.25) is 0 Å². The molecule has 0 bridgehead atoms. The highest BCUT2D eigenvalue weighted by Gasteiger charge is 2.14. The van der Waals surface area contributed by atoms with Crippen molar-refractivity contribution in [2.45, 2.75) is 0 Å². The molecule has 4 aromatic rings. The Labute approximate surface area is 121 Å². The molecule has 4 heterocycles. The van der Waals surface area contributed by atoms with Crippen molar-refractivity contribution in [3.05, 3.63) is 41.1 Å². The van der Waals surface area contributed by atoms with Gasteiger partial charge < -0.3 is 0 Å². The van der Waals surface area contributed by atoms with Crippen molar-refractivity contribution in [2.75, 3.05) is 0 Å². The molecule has 0 aromatic carbocycles. The van der Waals surface area contributed by atoms with Crippen molar-refractivity contribution in [1.29, 1.82) is 0 Å². The summed E-state index contributed by atoms with van der Waals surface area (Å²) in [5, 5.41) is 8.23. The second kappa shape index (κ2) is 4.48. The smallest absolute Gasteiger partial charge is 0.195 e. The van der Waals surface area contributed by atoms with Crippen molar-refractivity contribution in [2.24, 2.45) is 0 Å². The lowest BCUT2D eigenvalue weighted by atomic mass is 10.1. The maximum Gasteiger partial charge on any atom is 0.195 e. The first-order chi connectivity index (χ1) is 9.42. The minimum absolute atomic E-state index is 0.730. The maximum atomic E-state index is 4.69. The number of aromatic nitrogens is 3. The van der Waals surface area contributed by atoms with E-state index < -0.39 is 0 Å². The molecule has 0 aliphatic rings. The summed E-state index contributed by atoms with van der Waals surface area (Å²) in [7, 11) is 0. The average molecular weight is 301 g/mol. The summed E-state index contributed by atoms with van der Waals surface area (Å²) in [6.07, 6.45) is 0. The highest BCUT2D eigenvalue weighted by molar-refractivity contribution is 7.15. The van der Waals surface area contributed by atoms with Gasteiger partial charge in [0.1, 0.15) is 0 Å². The van der Waals surface area contributed by atoms with Crippen molar-refractivity contribution < 1.29 is 0 Å². The fourth-order valence-corrected chi connectivity index (χ4v) is 3.96. The number of pyridine rings is 1. The van der Waals surface area contributed by atoms with Crippen molar-refractivity contribution in [3.8, 4) is 21.0 Å². The zero-order chi connectivity index (χ0) is 12.7. The SMILES string of the molecule is c1csc(-c2cc3snnc3nc2-c2cccs2)c1.